The van der Waals surface area contributed by atoms with E-state index in [4.69, 9.17) is 9.47 Å². The Morgan fingerprint density at radius 3 is 2.16 bits per heavy atom. The van der Waals surface area contributed by atoms with Crippen LogP contribution in [0, 0.1) is 5.41 Å². The average Bonchev–Trinajstić information content (AvgIpc) is 3.07. The van der Waals surface area contributed by atoms with Gasteiger partial charge in [-0.1, -0.05) is 37.6 Å². The second-order valence-electron chi connectivity index (χ2n) is 6.81. The average molecular weight is 346 g/mol. The molecule has 0 amide bonds. The molecule has 0 aromatic heterocycles. The van der Waals surface area contributed by atoms with Crippen LogP contribution in [-0.4, -0.2) is 25.2 Å². The fourth-order valence-corrected chi connectivity index (χ4v) is 3.66. The molecule has 1 saturated carbocycles. The Labute approximate surface area is 150 Å². The van der Waals surface area contributed by atoms with Crippen molar-refractivity contribution < 1.29 is 19.1 Å². The number of hydrogen-bond donors (Lipinski definition) is 0. The summed E-state index contributed by atoms with van der Waals surface area (Å²) in [5.74, 6) is -0.680. The van der Waals surface area contributed by atoms with Crippen LogP contribution in [0.1, 0.15) is 69.9 Å². The second kappa shape index (κ2) is 9.02. The van der Waals surface area contributed by atoms with Crippen LogP contribution >= 0.6 is 0 Å². The van der Waals surface area contributed by atoms with Crippen LogP contribution in [0.15, 0.2) is 24.3 Å². The third kappa shape index (κ3) is 4.42. The highest BCUT2D eigenvalue weighted by molar-refractivity contribution is 6.00. The highest BCUT2D eigenvalue weighted by Crippen LogP contribution is 2.48. The number of hydrogen-bond acceptors (Lipinski definition) is 4. The molecule has 0 radical (unpaired) electrons. The Morgan fingerprint density at radius 1 is 1.04 bits per heavy atom. The standard InChI is InChI=1S/C21H30O4/c1-4-7-8-16-9-11-17(12-10-16)18-13-14-21(15-18,19(22)24-5-2)20(23)25-6-3/h9-12,18H,4-8,13-15H2,1-3H3. The largest absolute Gasteiger partial charge is 0.465 e. The van der Waals surface area contributed by atoms with Gasteiger partial charge in [-0.05, 0) is 63.0 Å². The van der Waals surface area contributed by atoms with Crippen molar-refractivity contribution in [2.24, 2.45) is 5.41 Å². The molecule has 1 aliphatic rings. The van der Waals surface area contributed by atoms with Crippen molar-refractivity contribution in [3.63, 3.8) is 0 Å². The molecule has 1 fully saturated rings. The molecule has 1 aliphatic carbocycles. The van der Waals surface area contributed by atoms with Crippen molar-refractivity contribution in [1.29, 1.82) is 0 Å². The summed E-state index contributed by atoms with van der Waals surface area (Å²) in [6.45, 7) is 6.27. The smallest absolute Gasteiger partial charge is 0.323 e. The summed E-state index contributed by atoms with van der Waals surface area (Å²) >= 11 is 0. The number of benzene rings is 1. The van der Waals surface area contributed by atoms with E-state index in [1.54, 1.807) is 13.8 Å². The fraction of sp³-hybridized carbons (Fsp3) is 0.619. The van der Waals surface area contributed by atoms with Gasteiger partial charge in [0, 0.05) is 0 Å². The highest BCUT2D eigenvalue weighted by Gasteiger charge is 2.54. The Bertz CT molecular complexity index is 558. The van der Waals surface area contributed by atoms with Gasteiger partial charge in [-0.15, -0.1) is 0 Å². The van der Waals surface area contributed by atoms with Crippen LogP contribution < -0.4 is 0 Å². The molecule has 138 valence electrons. The summed E-state index contributed by atoms with van der Waals surface area (Å²) in [7, 11) is 0. The minimum Gasteiger partial charge on any atom is -0.465 e. The maximum Gasteiger partial charge on any atom is 0.323 e. The normalized spacial score (nSPS) is 18.8. The zero-order chi connectivity index (χ0) is 18.3. The van der Waals surface area contributed by atoms with Crippen LogP contribution in [0.5, 0.6) is 0 Å². The van der Waals surface area contributed by atoms with E-state index in [0.29, 0.717) is 12.8 Å². The molecule has 2 rings (SSSR count). The Kier molecular flexibility index (Phi) is 7.03. The van der Waals surface area contributed by atoms with Crippen LogP contribution in [0.25, 0.3) is 0 Å². The maximum atomic E-state index is 12.5. The van der Waals surface area contributed by atoms with E-state index in [-0.39, 0.29) is 19.1 Å². The van der Waals surface area contributed by atoms with Crippen molar-refractivity contribution in [2.75, 3.05) is 13.2 Å². The van der Waals surface area contributed by atoms with E-state index in [0.717, 1.165) is 12.8 Å². The minimum atomic E-state index is -1.14. The van der Waals surface area contributed by atoms with Crippen molar-refractivity contribution in [3.8, 4) is 0 Å². The van der Waals surface area contributed by atoms with Crippen LogP contribution in [0.4, 0.5) is 0 Å². The summed E-state index contributed by atoms with van der Waals surface area (Å²) in [5.41, 5.74) is 1.39. The number of esters is 2. The molecule has 0 N–H and O–H groups in total. The molecule has 25 heavy (non-hydrogen) atoms. The van der Waals surface area contributed by atoms with Gasteiger partial charge in [-0.2, -0.15) is 0 Å². The van der Waals surface area contributed by atoms with Crippen LogP contribution in [0.2, 0.25) is 0 Å². The van der Waals surface area contributed by atoms with Gasteiger partial charge in [0.25, 0.3) is 0 Å². The number of unbranched alkanes of at least 4 members (excludes halogenated alkanes) is 1. The molecule has 0 heterocycles. The number of carbonyl (C=O) groups is 2. The quantitative estimate of drug-likeness (QED) is 0.517. The van der Waals surface area contributed by atoms with Gasteiger partial charge in [-0.3, -0.25) is 9.59 Å². The summed E-state index contributed by atoms with van der Waals surface area (Å²) in [5, 5.41) is 0. The van der Waals surface area contributed by atoms with Gasteiger partial charge >= 0.3 is 11.9 Å². The van der Waals surface area contributed by atoms with Crippen molar-refractivity contribution in [1.82, 2.24) is 0 Å². The highest BCUT2D eigenvalue weighted by atomic mass is 16.6. The Morgan fingerprint density at radius 2 is 1.64 bits per heavy atom. The molecule has 1 atom stereocenters. The Hall–Kier alpha value is -1.84. The molecule has 4 nitrogen and oxygen atoms in total. The molecule has 0 bridgehead atoms. The predicted octanol–water partition coefficient (Wildman–Crippen LogP) is 4.41. The van der Waals surface area contributed by atoms with E-state index < -0.39 is 17.4 Å². The molecule has 1 aromatic carbocycles. The van der Waals surface area contributed by atoms with Gasteiger partial charge in [0.1, 0.15) is 0 Å². The first-order chi connectivity index (χ1) is 12.1. The van der Waals surface area contributed by atoms with Gasteiger partial charge in [-0.25, -0.2) is 0 Å². The maximum absolute atomic E-state index is 12.5. The molecule has 4 heteroatoms. The zero-order valence-corrected chi connectivity index (χ0v) is 15.7. The van der Waals surface area contributed by atoms with E-state index in [9.17, 15) is 9.59 Å². The molecule has 1 unspecified atom stereocenters. The lowest BCUT2D eigenvalue weighted by Gasteiger charge is -2.24. The molecular weight excluding hydrogens is 316 g/mol. The molecule has 0 spiro atoms. The molecule has 0 aliphatic heterocycles. The predicted molar refractivity (Wildman–Crippen MR) is 97.3 cm³/mol. The third-order valence-electron chi connectivity index (χ3n) is 5.12. The first-order valence-corrected chi connectivity index (χ1v) is 9.50. The summed E-state index contributed by atoms with van der Waals surface area (Å²) in [4.78, 5) is 25.0. The second-order valence-corrected chi connectivity index (χ2v) is 6.81. The summed E-state index contributed by atoms with van der Waals surface area (Å²) in [6, 6.07) is 8.61. The minimum absolute atomic E-state index is 0.189. The number of aryl methyl sites for hydroxylation is 1. The van der Waals surface area contributed by atoms with Gasteiger partial charge in [0.05, 0.1) is 13.2 Å². The summed E-state index contributed by atoms with van der Waals surface area (Å²) < 4.78 is 10.4. The van der Waals surface area contributed by atoms with E-state index in [1.165, 1.54) is 24.0 Å². The number of carbonyl (C=O) groups excluding carboxylic acids is 2. The number of ether oxygens (including phenoxy) is 2. The first kappa shape index (κ1) is 19.5. The molecule has 0 saturated heterocycles. The van der Waals surface area contributed by atoms with Gasteiger partial charge < -0.3 is 9.47 Å². The van der Waals surface area contributed by atoms with E-state index in [1.807, 2.05) is 0 Å². The lowest BCUT2D eigenvalue weighted by molar-refractivity contribution is -0.171. The molecule has 1 aromatic rings. The topological polar surface area (TPSA) is 52.6 Å². The third-order valence-corrected chi connectivity index (χ3v) is 5.12. The lowest BCUT2D eigenvalue weighted by Crippen LogP contribution is -2.40. The summed E-state index contributed by atoms with van der Waals surface area (Å²) in [6.07, 6.45) is 5.23. The Balaban J connectivity index is 2.14. The van der Waals surface area contributed by atoms with E-state index >= 15 is 0 Å². The SMILES string of the molecule is CCCCc1ccc(C2CCC(C(=O)OCC)(C(=O)OCC)C2)cc1. The van der Waals surface area contributed by atoms with Crippen molar-refractivity contribution >= 4 is 11.9 Å². The molecular formula is C21H30O4. The van der Waals surface area contributed by atoms with Crippen molar-refractivity contribution in [3.05, 3.63) is 35.4 Å². The fourth-order valence-electron chi connectivity index (χ4n) is 3.66. The first-order valence-electron chi connectivity index (χ1n) is 9.50. The van der Waals surface area contributed by atoms with Crippen molar-refractivity contribution in [2.45, 2.75) is 65.2 Å². The van der Waals surface area contributed by atoms with Crippen LogP contribution in [-0.2, 0) is 25.5 Å². The van der Waals surface area contributed by atoms with E-state index in [2.05, 4.69) is 31.2 Å². The van der Waals surface area contributed by atoms with Gasteiger partial charge in [0.2, 0.25) is 0 Å². The lowest BCUT2D eigenvalue weighted by atomic mass is 9.84. The zero-order valence-electron chi connectivity index (χ0n) is 15.7. The van der Waals surface area contributed by atoms with Gasteiger partial charge in [0.15, 0.2) is 5.41 Å². The monoisotopic (exact) mass is 346 g/mol. The van der Waals surface area contributed by atoms with Crippen LogP contribution in [0.3, 0.4) is 0 Å². The number of rotatable bonds is 8.